The second-order valence-corrected chi connectivity index (χ2v) is 7.36. The number of aryl methyl sites for hydroxylation is 2. The van der Waals surface area contributed by atoms with Gasteiger partial charge in [0.1, 0.15) is 5.00 Å². The number of hydrogen-bond acceptors (Lipinski definition) is 4. The van der Waals surface area contributed by atoms with Crippen LogP contribution in [-0.2, 0) is 24.1 Å². The number of anilines is 1. The maximum Gasteiger partial charge on any atom is 0.341 e. The van der Waals surface area contributed by atoms with E-state index in [9.17, 15) is 4.79 Å². The second kappa shape index (κ2) is 7.32. The number of rotatable bonds is 4. The highest BCUT2D eigenvalue weighted by molar-refractivity contribution is 7.80. The fraction of sp³-hybridized carbons (Fsp3) is 0.333. The van der Waals surface area contributed by atoms with Crippen molar-refractivity contribution in [2.45, 2.75) is 32.7 Å². The Morgan fingerprint density at radius 3 is 2.75 bits per heavy atom. The fourth-order valence-electron chi connectivity index (χ4n) is 2.85. The van der Waals surface area contributed by atoms with Crippen molar-refractivity contribution in [3.8, 4) is 0 Å². The van der Waals surface area contributed by atoms with Gasteiger partial charge in [0.15, 0.2) is 5.11 Å². The number of nitrogens with one attached hydrogen (secondary N) is 2. The van der Waals surface area contributed by atoms with Gasteiger partial charge in [0.05, 0.1) is 12.7 Å². The van der Waals surface area contributed by atoms with Crippen LogP contribution < -0.4 is 10.6 Å². The van der Waals surface area contributed by atoms with Crippen LogP contribution in [0.4, 0.5) is 5.00 Å². The summed E-state index contributed by atoms with van der Waals surface area (Å²) in [6.45, 7) is 2.71. The van der Waals surface area contributed by atoms with Gasteiger partial charge in [-0.25, -0.2) is 4.79 Å². The molecule has 1 aromatic carbocycles. The highest BCUT2D eigenvalue weighted by atomic mass is 32.1. The Bertz CT molecular complexity index is 766. The summed E-state index contributed by atoms with van der Waals surface area (Å²) in [5, 5.41) is 7.67. The zero-order chi connectivity index (χ0) is 17.1. The molecule has 0 saturated heterocycles. The van der Waals surface area contributed by atoms with Gasteiger partial charge in [0.25, 0.3) is 0 Å². The number of thiophene rings is 1. The average Bonchev–Trinajstić information content (AvgIpc) is 3.14. The standard InChI is InChI=1S/C18H20N2O2S2/c1-11-6-8-12(9-7-11)10-19-18(23)20-16-15(17(21)22-2)13-4-3-5-14(13)24-16/h6-9H,3-5,10H2,1-2H3,(H2,19,20,23). The highest BCUT2D eigenvalue weighted by Crippen LogP contribution is 2.39. The molecule has 4 nitrogen and oxygen atoms in total. The quantitative estimate of drug-likeness (QED) is 0.641. The van der Waals surface area contributed by atoms with Gasteiger partial charge in [-0.05, 0) is 49.5 Å². The Hall–Kier alpha value is -1.92. The van der Waals surface area contributed by atoms with Crippen LogP contribution in [0.15, 0.2) is 24.3 Å². The Morgan fingerprint density at radius 2 is 2.04 bits per heavy atom. The van der Waals surface area contributed by atoms with Crippen molar-refractivity contribution in [2.75, 3.05) is 12.4 Å². The Morgan fingerprint density at radius 1 is 1.29 bits per heavy atom. The molecule has 2 N–H and O–H groups in total. The van der Waals surface area contributed by atoms with Gasteiger partial charge < -0.3 is 15.4 Å². The Kier molecular flexibility index (Phi) is 5.16. The van der Waals surface area contributed by atoms with Gasteiger partial charge in [0, 0.05) is 11.4 Å². The lowest BCUT2D eigenvalue weighted by Crippen LogP contribution is -2.28. The van der Waals surface area contributed by atoms with Crippen molar-refractivity contribution in [3.63, 3.8) is 0 Å². The molecule has 0 aliphatic heterocycles. The van der Waals surface area contributed by atoms with Crippen LogP contribution in [0, 0.1) is 6.92 Å². The number of hydrogen-bond donors (Lipinski definition) is 2. The van der Waals surface area contributed by atoms with Gasteiger partial charge in [-0.15, -0.1) is 11.3 Å². The topological polar surface area (TPSA) is 50.4 Å². The van der Waals surface area contributed by atoms with Crippen molar-refractivity contribution in [3.05, 3.63) is 51.4 Å². The number of carbonyl (C=O) groups excluding carboxylic acids is 1. The monoisotopic (exact) mass is 360 g/mol. The molecule has 0 amide bonds. The third kappa shape index (κ3) is 3.60. The van der Waals surface area contributed by atoms with E-state index in [0.717, 1.165) is 35.4 Å². The zero-order valence-corrected chi connectivity index (χ0v) is 15.4. The Balaban J connectivity index is 1.68. The lowest BCUT2D eigenvalue weighted by Gasteiger charge is -2.11. The predicted molar refractivity (Wildman–Crippen MR) is 102 cm³/mol. The maximum atomic E-state index is 12.1. The fourth-order valence-corrected chi connectivity index (χ4v) is 4.37. The maximum absolute atomic E-state index is 12.1. The molecule has 6 heteroatoms. The first-order valence-electron chi connectivity index (χ1n) is 7.91. The van der Waals surface area contributed by atoms with Crippen LogP contribution in [0.5, 0.6) is 0 Å². The van der Waals surface area contributed by atoms with E-state index in [1.807, 2.05) is 0 Å². The summed E-state index contributed by atoms with van der Waals surface area (Å²) in [6, 6.07) is 8.30. The molecule has 0 spiro atoms. The van der Waals surface area contributed by atoms with Crippen molar-refractivity contribution in [2.24, 2.45) is 0 Å². The molecule has 0 atom stereocenters. The SMILES string of the molecule is COC(=O)c1c(NC(=S)NCc2ccc(C)cc2)sc2c1CCC2. The first-order valence-corrected chi connectivity index (χ1v) is 9.14. The van der Waals surface area contributed by atoms with Crippen LogP contribution in [0.25, 0.3) is 0 Å². The van der Waals surface area contributed by atoms with Gasteiger partial charge >= 0.3 is 5.97 Å². The minimum absolute atomic E-state index is 0.293. The molecule has 0 radical (unpaired) electrons. The highest BCUT2D eigenvalue weighted by Gasteiger charge is 2.27. The molecule has 0 unspecified atom stereocenters. The van der Waals surface area contributed by atoms with E-state index in [1.54, 1.807) is 11.3 Å². The first-order chi connectivity index (χ1) is 11.6. The zero-order valence-electron chi connectivity index (χ0n) is 13.8. The number of benzene rings is 1. The molecule has 1 heterocycles. The summed E-state index contributed by atoms with van der Waals surface area (Å²) in [6.07, 6.45) is 3.05. The number of carbonyl (C=O) groups is 1. The van der Waals surface area contributed by atoms with E-state index in [2.05, 4.69) is 41.8 Å². The molecule has 2 aromatic rings. The Labute approximate surface area is 151 Å². The molecule has 126 valence electrons. The summed E-state index contributed by atoms with van der Waals surface area (Å²) in [5.41, 5.74) is 4.16. The van der Waals surface area contributed by atoms with Crippen molar-refractivity contribution in [1.82, 2.24) is 5.32 Å². The average molecular weight is 361 g/mol. The molecule has 1 aromatic heterocycles. The van der Waals surface area contributed by atoms with E-state index in [1.165, 1.54) is 17.6 Å². The molecule has 3 rings (SSSR count). The lowest BCUT2D eigenvalue weighted by molar-refractivity contribution is 0.0601. The first kappa shape index (κ1) is 16.9. The van der Waals surface area contributed by atoms with Gasteiger partial charge in [-0.2, -0.15) is 0 Å². The van der Waals surface area contributed by atoms with E-state index in [0.29, 0.717) is 17.2 Å². The van der Waals surface area contributed by atoms with Gasteiger partial charge in [-0.3, -0.25) is 0 Å². The molecular weight excluding hydrogens is 340 g/mol. The number of ether oxygens (including phenoxy) is 1. The minimum atomic E-state index is -0.293. The number of esters is 1. The van der Waals surface area contributed by atoms with Crippen LogP contribution in [-0.4, -0.2) is 18.2 Å². The van der Waals surface area contributed by atoms with Crippen LogP contribution in [0.2, 0.25) is 0 Å². The lowest BCUT2D eigenvalue weighted by atomic mass is 10.1. The second-order valence-electron chi connectivity index (χ2n) is 5.85. The van der Waals surface area contributed by atoms with E-state index < -0.39 is 0 Å². The largest absolute Gasteiger partial charge is 0.465 e. The van der Waals surface area contributed by atoms with E-state index in [-0.39, 0.29) is 5.97 Å². The third-order valence-corrected chi connectivity index (χ3v) is 5.57. The molecule has 1 aliphatic rings. The molecule has 0 bridgehead atoms. The van der Waals surface area contributed by atoms with Crippen molar-refractivity contribution in [1.29, 1.82) is 0 Å². The number of fused-ring (bicyclic) bond motifs is 1. The van der Waals surface area contributed by atoms with Crippen molar-refractivity contribution < 1.29 is 9.53 Å². The van der Waals surface area contributed by atoms with E-state index in [4.69, 9.17) is 17.0 Å². The summed E-state index contributed by atoms with van der Waals surface area (Å²) < 4.78 is 4.95. The summed E-state index contributed by atoms with van der Waals surface area (Å²) in [5.74, 6) is -0.293. The predicted octanol–water partition coefficient (Wildman–Crippen LogP) is 3.82. The number of methoxy groups -OCH3 is 1. The summed E-state index contributed by atoms with van der Waals surface area (Å²) >= 11 is 6.99. The molecule has 24 heavy (non-hydrogen) atoms. The normalized spacial score (nSPS) is 12.6. The minimum Gasteiger partial charge on any atom is -0.465 e. The van der Waals surface area contributed by atoms with Crippen molar-refractivity contribution >= 4 is 39.6 Å². The molecule has 0 fully saturated rings. The summed E-state index contributed by atoms with van der Waals surface area (Å²) in [4.78, 5) is 13.4. The van der Waals surface area contributed by atoms with Gasteiger partial charge in [0.2, 0.25) is 0 Å². The van der Waals surface area contributed by atoms with Crippen LogP contribution in [0.1, 0.15) is 38.3 Å². The van der Waals surface area contributed by atoms with E-state index >= 15 is 0 Å². The third-order valence-electron chi connectivity index (χ3n) is 4.11. The van der Waals surface area contributed by atoms with Crippen LogP contribution in [0.3, 0.4) is 0 Å². The summed E-state index contributed by atoms with van der Waals surface area (Å²) in [7, 11) is 1.42. The smallest absolute Gasteiger partial charge is 0.341 e. The van der Waals surface area contributed by atoms with Crippen LogP contribution >= 0.6 is 23.6 Å². The molecule has 0 saturated carbocycles. The number of thiocarbonyl (C=S) groups is 1. The molecule has 1 aliphatic carbocycles. The van der Waals surface area contributed by atoms with Gasteiger partial charge in [-0.1, -0.05) is 29.8 Å². The molecular formula is C18H20N2O2S2.